The molecule has 0 aromatic carbocycles. The summed E-state index contributed by atoms with van der Waals surface area (Å²) in [6.07, 6.45) is 9.51. The topological polar surface area (TPSA) is 41.6 Å². The van der Waals surface area contributed by atoms with Crippen molar-refractivity contribution in [1.82, 2.24) is 10.2 Å². The molecule has 3 fully saturated rings. The first-order valence-electron chi connectivity index (χ1n) is 8.46. The fourth-order valence-electron chi connectivity index (χ4n) is 4.18. The van der Waals surface area contributed by atoms with Gasteiger partial charge in [0.2, 0.25) is 5.91 Å². The molecule has 3 rings (SSSR count). The van der Waals surface area contributed by atoms with E-state index >= 15 is 0 Å². The average molecular weight is 280 g/mol. The summed E-state index contributed by atoms with van der Waals surface area (Å²) in [4.78, 5) is 14.6. The van der Waals surface area contributed by atoms with Crippen LogP contribution < -0.4 is 5.32 Å². The van der Waals surface area contributed by atoms with Crippen molar-refractivity contribution in [2.45, 2.75) is 63.5 Å². The van der Waals surface area contributed by atoms with Crippen LogP contribution in [-0.2, 0) is 9.53 Å². The minimum atomic E-state index is 0.329. The van der Waals surface area contributed by atoms with Crippen LogP contribution in [0.2, 0.25) is 0 Å². The van der Waals surface area contributed by atoms with Gasteiger partial charge in [-0.1, -0.05) is 6.42 Å². The second kappa shape index (κ2) is 6.90. The third kappa shape index (κ3) is 3.34. The van der Waals surface area contributed by atoms with Crippen LogP contribution in [0.15, 0.2) is 0 Å². The molecular formula is C16H28N2O2. The fraction of sp³-hybridized carbons (Fsp3) is 0.938. The van der Waals surface area contributed by atoms with Crippen LogP contribution in [0.3, 0.4) is 0 Å². The molecule has 1 aliphatic carbocycles. The summed E-state index contributed by atoms with van der Waals surface area (Å²) in [5, 5.41) is 3.34. The fourth-order valence-corrected chi connectivity index (χ4v) is 4.18. The molecule has 0 aromatic rings. The van der Waals surface area contributed by atoms with Crippen LogP contribution in [0.4, 0.5) is 0 Å². The number of hydrogen-bond donors (Lipinski definition) is 1. The molecule has 20 heavy (non-hydrogen) atoms. The van der Waals surface area contributed by atoms with E-state index in [1.807, 2.05) is 0 Å². The van der Waals surface area contributed by atoms with Gasteiger partial charge in [-0.15, -0.1) is 0 Å². The van der Waals surface area contributed by atoms with E-state index in [0.29, 0.717) is 31.1 Å². The zero-order valence-corrected chi connectivity index (χ0v) is 12.5. The van der Waals surface area contributed by atoms with Crippen LogP contribution in [0.5, 0.6) is 0 Å². The van der Waals surface area contributed by atoms with Crippen molar-refractivity contribution in [3.05, 3.63) is 0 Å². The highest BCUT2D eigenvalue weighted by molar-refractivity contribution is 5.76. The number of rotatable bonds is 4. The molecule has 1 N–H and O–H groups in total. The van der Waals surface area contributed by atoms with Crippen LogP contribution in [0.25, 0.3) is 0 Å². The summed E-state index contributed by atoms with van der Waals surface area (Å²) in [5.74, 6) is 1.12. The van der Waals surface area contributed by atoms with Gasteiger partial charge in [0.15, 0.2) is 0 Å². The van der Waals surface area contributed by atoms with Crippen molar-refractivity contribution in [2.75, 3.05) is 26.2 Å². The number of piperidine rings is 2. The Morgan fingerprint density at radius 2 is 1.90 bits per heavy atom. The molecule has 3 aliphatic rings. The molecule has 2 saturated heterocycles. The molecule has 2 aliphatic heterocycles. The highest BCUT2D eigenvalue weighted by Gasteiger charge is 2.36. The Kier molecular flexibility index (Phi) is 4.94. The number of nitrogens with zero attached hydrogens (tertiary/aromatic N) is 1. The molecule has 2 heterocycles. The number of nitrogens with one attached hydrogen (secondary N) is 1. The Morgan fingerprint density at radius 1 is 1.10 bits per heavy atom. The second-order valence-electron chi connectivity index (χ2n) is 6.56. The molecule has 114 valence electrons. The van der Waals surface area contributed by atoms with Gasteiger partial charge in [0.1, 0.15) is 0 Å². The number of carbonyl (C=O) groups excluding carboxylic acids is 1. The number of likely N-dealkylation sites (tertiary alicyclic amines) is 1. The van der Waals surface area contributed by atoms with Gasteiger partial charge >= 0.3 is 0 Å². The standard InChI is InChI=1S/C16H28N2O2/c19-16(8-12-20-14-6-9-17-10-7-14)18-11-2-4-13-3-1-5-15(13)18/h13-15,17H,1-12H2. The summed E-state index contributed by atoms with van der Waals surface area (Å²) in [7, 11) is 0. The van der Waals surface area contributed by atoms with E-state index in [1.165, 1.54) is 32.1 Å². The Labute approximate surface area is 122 Å². The predicted molar refractivity (Wildman–Crippen MR) is 78.5 cm³/mol. The predicted octanol–water partition coefficient (Wildman–Crippen LogP) is 1.94. The largest absolute Gasteiger partial charge is 0.378 e. The number of amides is 1. The Morgan fingerprint density at radius 3 is 2.75 bits per heavy atom. The number of ether oxygens (including phenoxy) is 1. The lowest BCUT2D eigenvalue weighted by molar-refractivity contribution is -0.137. The zero-order valence-electron chi connectivity index (χ0n) is 12.5. The summed E-state index contributed by atoms with van der Waals surface area (Å²) in [6, 6.07) is 0.551. The lowest BCUT2D eigenvalue weighted by atomic mass is 9.92. The molecule has 0 aromatic heterocycles. The van der Waals surface area contributed by atoms with Crippen molar-refractivity contribution in [1.29, 1.82) is 0 Å². The summed E-state index contributed by atoms with van der Waals surface area (Å²) in [6.45, 7) is 3.69. The highest BCUT2D eigenvalue weighted by Crippen LogP contribution is 2.36. The van der Waals surface area contributed by atoms with Gasteiger partial charge in [0.05, 0.1) is 19.1 Å². The Bertz CT molecular complexity index is 328. The summed E-state index contributed by atoms with van der Waals surface area (Å²) < 4.78 is 5.87. The maximum atomic E-state index is 12.4. The quantitative estimate of drug-likeness (QED) is 0.855. The van der Waals surface area contributed by atoms with Crippen molar-refractivity contribution < 1.29 is 9.53 Å². The summed E-state index contributed by atoms with van der Waals surface area (Å²) >= 11 is 0. The van der Waals surface area contributed by atoms with E-state index in [1.54, 1.807) is 0 Å². The first-order chi connectivity index (χ1) is 9.84. The third-order valence-electron chi connectivity index (χ3n) is 5.27. The van der Waals surface area contributed by atoms with Gasteiger partial charge in [0.25, 0.3) is 0 Å². The van der Waals surface area contributed by atoms with Crippen LogP contribution in [0, 0.1) is 5.92 Å². The molecule has 4 nitrogen and oxygen atoms in total. The number of carbonyl (C=O) groups is 1. The van der Waals surface area contributed by atoms with Gasteiger partial charge in [0, 0.05) is 12.6 Å². The van der Waals surface area contributed by atoms with E-state index in [-0.39, 0.29) is 0 Å². The molecule has 1 saturated carbocycles. The monoisotopic (exact) mass is 280 g/mol. The SMILES string of the molecule is O=C(CCOC1CCNCC1)N1CCCC2CCCC21. The second-order valence-corrected chi connectivity index (χ2v) is 6.56. The highest BCUT2D eigenvalue weighted by atomic mass is 16.5. The zero-order chi connectivity index (χ0) is 13.8. The first kappa shape index (κ1) is 14.3. The van der Waals surface area contributed by atoms with Crippen molar-refractivity contribution in [3.63, 3.8) is 0 Å². The van der Waals surface area contributed by atoms with E-state index in [4.69, 9.17) is 4.74 Å². The lowest BCUT2D eigenvalue weighted by Gasteiger charge is -2.38. The van der Waals surface area contributed by atoms with Crippen LogP contribution >= 0.6 is 0 Å². The number of hydrogen-bond acceptors (Lipinski definition) is 3. The Hall–Kier alpha value is -0.610. The molecular weight excluding hydrogens is 252 g/mol. The molecule has 0 bridgehead atoms. The maximum Gasteiger partial charge on any atom is 0.225 e. The van der Waals surface area contributed by atoms with Gasteiger partial charge in [-0.2, -0.15) is 0 Å². The molecule has 2 atom stereocenters. The maximum absolute atomic E-state index is 12.4. The first-order valence-corrected chi connectivity index (χ1v) is 8.46. The molecule has 4 heteroatoms. The normalized spacial score (nSPS) is 31.3. The van der Waals surface area contributed by atoms with Crippen LogP contribution in [-0.4, -0.2) is 49.2 Å². The molecule has 2 unspecified atom stereocenters. The van der Waals surface area contributed by atoms with E-state index < -0.39 is 0 Å². The number of fused-ring (bicyclic) bond motifs is 1. The van der Waals surface area contributed by atoms with Gasteiger partial charge < -0.3 is 15.0 Å². The van der Waals surface area contributed by atoms with E-state index in [0.717, 1.165) is 38.4 Å². The van der Waals surface area contributed by atoms with Gasteiger partial charge in [-0.05, 0) is 57.5 Å². The van der Waals surface area contributed by atoms with Gasteiger partial charge in [-0.3, -0.25) is 4.79 Å². The lowest BCUT2D eigenvalue weighted by Crippen LogP contribution is -2.46. The van der Waals surface area contributed by atoms with E-state index in [2.05, 4.69) is 10.2 Å². The van der Waals surface area contributed by atoms with Crippen molar-refractivity contribution >= 4 is 5.91 Å². The Balaban J connectivity index is 1.41. The molecule has 0 radical (unpaired) electrons. The van der Waals surface area contributed by atoms with Crippen molar-refractivity contribution in [2.24, 2.45) is 5.92 Å². The molecule has 1 amide bonds. The van der Waals surface area contributed by atoms with Crippen LogP contribution in [0.1, 0.15) is 51.4 Å². The van der Waals surface area contributed by atoms with Gasteiger partial charge in [-0.25, -0.2) is 0 Å². The average Bonchev–Trinajstić information content (AvgIpc) is 2.96. The summed E-state index contributed by atoms with van der Waals surface area (Å²) in [5.41, 5.74) is 0. The minimum Gasteiger partial charge on any atom is -0.378 e. The smallest absolute Gasteiger partial charge is 0.225 e. The van der Waals surface area contributed by atoms with Crippen molar-refractivity contribution in [3.8, 4) is 0 Å². The third-order valence-corrected chi connectivity index (χ3v) is 5.27. The molecule has 0 spiro atoms. The minimum absolute atomic E-state index is 0.329. The van der Waals surface area contributed by atoms with E-state index in [9.17, 15) is 4.79 Å².